The Kier molecular flexibility index (Phi) is 7.63. The Balaban J connectivity index is 4.79. The Morgan fingerprint density at radius 2 is 1.53 bits per heavy atom. The molecule has 0 rings (SSSR count). The van der Waals surface area contributed by atoms with Crippen molar-refractivity contribution < 1.29 is 39.7 Å². The number of nitrogens with zero attached hydrogens (tertiary/aromatic N) is 1. The Morgan fingerprint density at radius 3 is 1.82 bits per heavy atom. The molecule has 0 radical (unpaired) electrons. The van der Waals surface area contributed by atoms with Crippen LogP contribution in [0.4, 0.5) is 0 Å². The van der Waals surface area contributed by atoms with Crippen LogP contribution >= 0.6 is 0 Å². The number of hydroxylamine groups is 2. The zero-order valence-corrected chi connectivity index (χ0v) is 8.77. The monoisotopic (exact) mass is 251 g/mol. The molecule has 9 nitrogen and oxygen atoms in total. The van der Waals surface area contributed by atoms with E-state index in [0.717, 1.165) is 0 Å². The van der Waals surface area contributed by atoms with Gasteiger partial charge in [-0.2, -0.15) is 0 Å². The molecule has 9 heteroatoms. The molecule has 0 atom stereocenters. The van der Waals surface area contributed by atoms with E-state index in [2.05, 4.69) is 9.68 Å². The summed E-state index contributed by atoms with van der Waals surface area (Å²) in [5.74, 6) is -3.10. The van der Waals surface area contributed by atoms with Gasteiger partial charge in [-0.15, -0.1) is 5.23 Å². The minimum absolute atomic E-state index is 0.296. The molecule has 0 unspecified atom stereocenters. The Morgan fingerprint density at radius 1 is 1.06 bits per heavy atom. The summed E-state index contributed by atoms with van der Waals surface area (Å²) in [5.41, 5.74) is -0.792. The van der Waals surface area contributed by atoms with Crippen molar-refractivity contribution in [1.82, 2.24) is 5.23 Å². The lowest BCUT2D eigenvalue weighted by Gasteiger charge is -2.21. The molecule has 0 aromatic heterocycles. The Bertz CT molecular complexity index is 281. The number of carboxylic acids is 2. The highest BCUT2D eigenvalue weighted by molar-refractivity contribution is 5.93. The predicted molar refractivity (Wildman–Crippen MR) is 51.3 cm³/mol. The second kappa shape index (κ2) is 8.47. The van der Waals surface area contributed by atoms with Crippen LogP contribution in [0.25, 0.3) is 0 Å². The van der Waals surface area contributed by atoms with Crippen LogP contribution in [0.2, 0.25) is 0 Å². The molecule has 0 bridgehead atoms. The second-order valence-electron chi connectivity index (χ2n) is 2.54. The molecule has 0 fully saturated rings. The van der Waals surface area contributed by atoms with Gasteiger partial charge in [0.1, 0.15) is 13.2 Å². The van der Waals surface area contributed by atoms with Gasteiger partial charge in [-0.3, -0.25) is 0 Å². The summed E-state index contributed by atoms with van der Waals surface area (Å²) in [4.78, 5) is 30.4. The maximum atomic E-state index is 10.7. The fourth-order valence-electron chi connectivity index (χ4n) is 0.733. The van der Waals surface area contributed by atoms with Crippen molar-refractivity contribution in [3.63, 3.8) is 0 Å². The van der Waals surface area contributed by atoms with Crippen LogP contribution in [0.3, 0.4) is 0 Å². The highest BCUT2D eigenvalue weighted by atomic mass is 17.0. The molecule has 0 aliphatic carbocycles. The van der Waals surface area contributed by atoms with Crippen molar-refractivity contribution in [3.05, 3.63) is 11.8 Å². The fraction of sp³-hybridized carbons (Fsp3) is 0.500. The lowest BCUT2D eigenvalue weighted by molar-refractivity contribution is -0.347. The summed E-state index contributed by atoms with van der Waals surface area (Å²) in [7, 11) is 0. The average Bonchev–Trinajstić information content (AvgIpc) is 2.26. The zero-order chi connectivity index (χ0) is 13.3. The first-order valence-corrected chi connectivity index (χ1v) is 4.48. The van der Waals surface area contributed by atoms with Gasteiger partial charge in [-0.05, 0) is 0 Å². The number of carboxylic acid groups (broad SMARTS) is 2. The van der Waals surface area contributed by atoms with E-state index in [1.807, 2.05) is 0 Å². The van der Waals surface area contributed by atoms with Gasteiger partial charge >= 0.3 is 11.9 Å². The largest absolute Gasteiger partial charge is 0.478 e. The number of carbonyl (C=O) groups is 2. The van der Waals surface area contributed by atoms with Gasteiger partial charge in [0.25, 0.3) is 0 Å². The third-order valence-electron chi connectivity index (χ3n) is 1.28. The van der Waals surface area contributed by atoms with Crippen molar-refractivity contribution in [3.8, 4) is 0 Å². The Hall–Kier alpha value is -1.68. The molecule has 0 aromatic rings. The lowest BCUT2D eigenvalue weighted by Crippen LogP contribution is -2.31. The van der Waals surface area contributed by atoms with E-state index in [9.17, 15) is 9.59 Å². The SMILES string of the molecule is O=C(O)/C=C(/C(=O)O)N(OCCO)OCCO. The summed E-state index contributed by atoms with van der Waals surface area (Å²) in [6.45, 7) is -1.43. The maximum absolute atomic E-state index is 10.7. The van der Waals surface area contributed by atoms with Crippen molar-refractivity contribution in [2.75, 3.05) is 26.4 Å². The van der Waals surface area contributed by atoms with Crippen molar-refractivity contribution in [2.45, 2.75) is 0 Å². The van der Waals surface area contributed by atoms with Gasteiger partial charge in [-0.1, -0.05) is 0 Å². The van der Waals surface area contributed by atoms with E-state index >= 15 is 0 Å². The standard InChI is InChI=1S/C8H13NO8/c10-1-3-16-9(17-4-2-11)6(8(14)15)5-7(12)13/h5,10-11H,1-4H2,(H,12,13)(H,14,15)/b6-5-. The van der Waals surface area contributed by atoms with E-state index in [1.165, 1.54) is 0 Å². The van der Waals surface area contributed by atoms with E-state index in [4.69, 9.17) is 20.4 Å². The summed E-state index contributed by atoms with van der Waals surface area (Å²) in [6.07, 6.45) is 0.358. The molecule has 4 N–H and O–H groups in total. The number of hydrogen-bond donors (Lipinski definition) is 4. The van der Waals surface area contributed by atoms with Gasteiger partial charge in [0.2, 0.25) is 0 Å². The van der Waals surface area contributed by atoms with E-state index < -0.39 is 30.8 Å². The zero-order valence-electron chi connectivity index (χ0n) is 8.77. The fourth-order valence-corrected chi connectivity index (χ4v) is 0.733. The minimum Gasteiger partial charge on any atom is -0.478 e. The van der Waals surface area contributed by atoms with Crippen LogP contribution in [0, 0.1) is 0 Å². The van der Waals surface area contributed by atoms with Crippen LogP contribution in [-0.4, -0.2) is 64.0 Å². The summed E-state index contributed by atoms with van der Waals surface area (Å²) in [6, 6.07) is 0. The molecule has 0 aliphatic heterocycles. The van der Waals surface area contributed by atoms with E-state index in [0.29, 0.717) is 11.3 Å². The Labute approximate surface area is 96.0 Å². The average molecular weight is 251 g/mol. The van der Waals surface area contributed by atoms with Crippen LogP contribution in [0.5, 0.6) is 0 Å². The number of rotatable bonds is 9. The quantitative estimate of drug-likeness (QED) is 0.276. The van der Waals surface area contributed by atoms with E-state index in [1.54, 1.807) is 0 Å². The van der Waals surface area contributed by atoms with Gasteiger partial charge < -0.3 is 20.4 Å². The second-order valence-corrected chi connectivity index (χ2v) is 2.54. The lowest BCUT2D eigenvalue weighted by atomic mass is 10.4. The first kappa shape index (κ1) is 15.3. The molecule has 0 saturated carbocycles. The molecule has 17 heavy (non-hydrogen) atoms. The molecule has 0 aliphatic rings. The predicted octanol–water partition coefficient (Wildman–Crippen LogP) is -1.81. The molecule has 0 amide bonds. The van der Waals surface area contributed by atoms with Crippen molar-refractivity contribution in [1.29, 1.82) is 0 Å². The van der Waals surface area contributed by atoms with Gasteiger partial charge in [0.05, 0.1) is 19.3 Å². The molecule has 98 valence electrons. The van der Waals surface area contributed by atoms with Gasteiger partial charge in [0.15, 0.2) is 5.70 Å². The maximum Gasteiger partial charge on any atom is 0.357 e. The summed E-state index contributed by atoms with van der Waals surface area (Å²) >= 11 is 0. The van der Waals surface area contributed by atoms with Crippen molar-refractivity contribution in [2.24, 2.45) is 0 Å². The van der Waals surface area contributed by atoms with Gasteiger partial charge in [0, 0.05) is 0 Å². The molecular weight excluding hydrogens is 238 g/mol. The number of aliphatic hydroxyl groups is 2. The normalized spacial score (nSPS) is 11.3. The molecule has 0 spiro atoms. The van der Waals surface area contributed by atoms with E-state index in [-0.39, 0.29) is 13.2 Å². The highest BCUT2D eigenvalue weighted by Crippen LogP contribution is 2.07. The molecule has 0 aromatic carbocycles. The van der Waals surface area contributed by atoms with Gasteiger partial charge in [-0.25, -0.2) is 19.3 Å². The first-order chi connectivity index (χ1) is 8.02. The third kappa shape index (κ3) is 6.48. The molecule has 0 saturated heterocycles. The minimum atomic E-state index is -1.59. The third-order valence-corrected chi connectivity index (χ3v) is 1.28. The molecule has 0 heterocycles. The highest BCUT2D eigenvalue weighted by Gasteiger charge is 2.20. The first-order valence-electron chi connectivity index (χ1n) is 4.48. The molecular formula is C8H13NO8. The van der Waals surface area contributed by atoms with Crippen molar-refractivity contribution >= 4 is 11.9 Å². The van der Waals surface area contributed by atoms with Crippen LogP contribution in [-0.2, 0) is 19.3 Å². The van der Waals surface area contributed by atoms with Crippen LogP contribution in [0.15, 0.2) is 11.8 Å². The van der Waals surface area contributed by atoms with Crippen LogP contribution < -0.4 is 0 Å². The number of hydrogen-bond acceptors (Lipinski definition) is 7. The summed E-state index contributed by atoms with van der Waals surface area (Å²) in [5, 5.41) is 34.5. The number of aliphatic carboxylic acids is 2. The smallest absolute Gasteiger partial charge is 0.357 e. The summed E-state index contributed by atoms with van der Waals surface area (Å²) < 4.78 is 0. The number of aliphatic hydroxyl groups excluding tert-OH is 2. The topological polar surface area (TPSA) is 137 Å². The van der Waals surface area contributed by atoms with Crippen LogP contribution in [0.1, 0.15) is 0 Å².